The van der Waals surface area contributed by atoms with Crippen LogP contribution in [0.4, 0.5) is 0 Å². The van der Waals surface area contributed by atoms with Crippen LogP contribution in [0.15, 0.2) is 167 Å². The lowest BCUT2D eigenvalue weighted by Crippen LogP contribution is -2.11. The summed E-state index contributed by atoms with van der Waals surface area (Å²) in [5.41, 5.74) is 6.50. The number of halogens is 2. The Balaban J connectivity index is 0.000000202. The van der Waals surface area contributed by atoms with E-state index in [1.54, 1.807) is 0 Å². The average Bonchev–Trinajstić information content (AvgIpc) is 3.19. The van der Waals surface area contributed by atoms with Gasteiger partial charge in [-0.25, -0.2) is 0 Å². The lowest BCUT2D eigenvalue weighted by molar-refractivity contribution is -0.140. The van der Waals surface area contributed by atoms with Crippen molar-refractivity contribution in [1.29, 1.82) is 0 Å². The molecular formula is C45H42Br2O5. The minimum Gasteiger partial charge on any atom is -0.489 e. The molecule has 266 valence electrons. The van der Waals surface area contributed by atoms with Crippen LogP contribution in [0.2, 0.25) is 0 Å². The Bertz CT molecular complexity index is 1960. The molecular weight excluding hydrogens is 780 g/mol. The molecule has 0 fully saturated rings. The third-order valence-corrected chi connectivity index (χ3v) is 9.58. The molecule has 0 saturated heterocycles. The highest BCUT2D eigenvalue weighted by atomic mass is 79.9. The summed E-state index contributed by atoms with van der Waals surface area (Å²) in [5.74, 6) is 1.31. The van der Waals surface area contributed by atoms with Gasteiger partial charge < -0.3 is 19.3 Å². The Morgan fingerprint density at radius 2 is 0.981 bits per heavy atom. The SMILES string of the molecule is COC(=O)CC(c1ccccc1)c1cc(Br)ccc1OCc1ccccc1.OCCC(c1ccccc1)c1cc(Br)ccc1OCc1ccccc1. The number of hydrogen-bond donors (Lipinski definition) is 1. The van der Waals surface area contributed by atoms with E-state index in [-0.39, 0.29) is 30.8 Å². The van der Waals surface area contributed by atoms with Crippen molar-refractivity contribution in [2.24, 2.45) is 0 Å². The van der Waals surface area contributed by atoms with Crippen LogP contribution in [0.1, 0.15) is 58.1 Å². The van der Waals surface area contributed by atoms with Crippen molar-refractivity contribution < 1.29 is 24.1 Å². The van der Waals surface area contributed by atoms with Crippen LogP contribution >= 0.6 is 31.9 Å². The van der Waals surface area contributed by atoms with Gasteiger partial charge in [0.15, 0.2) is 0 Å². The fraction of sp³-hybridized carbons (Fsp3) is 0.178. The van der Waals surface area contributed by atoms with Crippen LogP contribution in [0, 0.1) is 0 Å². The van der Waals surface area contributed by atoms with Gasteiger partial charge in [0.25, 0.3) is 0 Å². The first-order valence-corrected chi connectivity index (χ1v) is 18.7. The number of methoxy groups -OCH3 is 1. The monoisotopic (exact) mass is 820 g/mol. The molecule has 1 N–H and O–H groups in total. The number of ether oxygens (including phenoxy) is 3. The van der Waals surface area contributed by atoms with Gasteiger partial charge in [0, 0.05) is 38.5 Å². The second-order valence-electron chi connectivity index (χ2n) is 12.1. The van der Waals surface area contributed by atoms with Crippen LogP contribution in [0.25, 0.3) is 0 Å². The third kappa shape index (κ3) is 11.4. The van der Waals surface area contributed by atoms with E-state index in [9.17, 15) is 9.90 Å². The Hall–Kier alpha value is -4.69. The molecule has 0 aliphatic carbocycles. The van der Waals surface area contributed by atoms with Crippen LogP contribution in [-0.2, 0) is 22.7 Å². The smallest absolute Gasteiger partial charge is 0.306 e. The van der Waals surface area contributed by atoms with Gasteiger partial charge >= 0.3 is 5.97 Å². The second-order valence-corrected chi connectivity index (χ2v) is 14.0. The lowest BCUT2D eigenvalue weighted by atomic mass is 9.88. The molecule has 6 aromatic rings. The second kappa shape index (κ2) is 20.4. The summed E-state index contributed by atoms with van der Waals surface area (Å²) in [4.78, 5) is 12.1. The van der Waals surface area contributed by atoms with Gasteiger partial charge in [-0.1, -0.05) is 153 Å². The first-order valence-electron chi connectivity index (χ1n) is 17.1. The van der Waals surface area contributed by atoms with Crippen molar-refractivity contribution in [2.75, 3.05) is 13.7 Å². The summed E-state index contributed by atoms with van der Waals surface area (Å²) in [5, 5.41) is 9.57. The fourth-order valence-electron chi connectivity index (χ4n) is 5.98. The van der Waals surface area contributed by atoms with E-state index < -0.39 is 0 Å². The average molecular weight is 823 g/mol. The molecule has 2 unspecified atom stereocenters. The zero-order chi connectivity index (χ0) is 36.5. The minimum atomic E-state index is -0.252. The Morgan fingerprint density at radius 1 is 0.577 bits per heavy atom. The summed E-state index contributed by atoms with van der Waals surface area (Å²) < 4.78 is 19.1. The zero-order valence-electron chi connectivity index (χ0n) is 29.0. The number of carbonyl (C=O) groups excluding carboxylic acids is 1. The van der Waals surface area contributed by atoms with E-state index in [0.717, 1.165) is 48.3 Å². The van der Waals surface area contributed by atoms with Crippen LogP contribution in [0.5, 0.6) is 11.5 Å². The van der Waals surface area contributed by atoms with Gasteiger partial charge in [-0.3, -0.25) is 4.79 Å². The normalized spacial score (nSPS) is 11.8. The number of aliphatic hydroxyl groups is 1. The summed E-state index contributed by atoms with van der Waals surface area (Å²) in [6.45, 7) is 1.12. The number of rotatable bonds is 14. The van der Waals surface area contributed by atoms with Crippen molar-refractivity contribution in [2.45, 2.75) is 37.9 Å². The van der Waals surface area contributed by atoms with Gasteiger partial charge in [0.1, 0.15) is 24.7 Å². The summed E-state index contributed by atoms with van der Waals surface area (Å²) in [7, 11) is 1.41. The van der Waals surface area contributed by atoms with Crippen molar-refractivity contribution in [3.05, 3.63) is 200 Å². The van der Waals surface area contributed by atoms with Crippen molar-refractivity contribution in [3.8, 4) is 11.5 Å². The van der Waals surface area contributed by atoms with Gasteiger partial charge in [0.2, 0.25) is 0 Å². The molecule has 0 aliphatic heterocycles. The summed E-state index contributed by atoms with van der Waals surface area (Å²) in [6.07, 6.45) is 0.904. The Labute approximate surface area is 323 Å². The number of benzene rings is 6. The van der Waals surface area contributed by atoms with E-state index in [1.807, 2.05) is 127 Å². The molecule has 0 bridgehead atoms. The standard InChI is InChI=1S/C23H21BrO3.C22H21BrO2/c1-26-23(25)15-20(18-10-6-3-7-11-18)21-14-19(24)12-13-22(21)27-16-17-8-4-2-5-9-17;23-19-11-12-22(25-16-17-7-3-1-4-8-17)21(15-19)20(13-14-24)18-9-5-2-6-10-18/h2-14,20H,15-16H2,1H3;1-12,15,20,24H,13-14,16H2. The first-order chi connectivity index (χ1) is 25.4. The molecule has 0 aromatic heterocycles. The molecule has 0 aliphatic rings. The highest BCUT2D eigenvalue weighted by molar-refractivity contribution is 9.10. The molecule has 0 amide bonds. The largest absolute Gasteiger partial charge is 0.489 e. The molecule has 7 heteroatoms. The molecule has 0 heterocycles. The number of hydrogen-bond acceptors (Lipinski definition) is 5. The number of carbonyl (C=O) groups is 1. The van der Waals surface area contributed by atoms with Crippen molar-refractivity contribution in [3.63, 3.8) is 0 Å². The van der Waals surface area contributed by atoms with E-state index >= 15 is 0 Å². The third-order valence-electron chi connectivity index (χ3n) is 8.59. The Morgan fingerprint density at radius 3 is 1.40 bits per heavy atom. The molecule has 52 heavy (non-hydrogen) atoms. The molecule has 0 radical (unpaired) electrons. The maximum absolute atomic E-state index is 12.1. The van der Waals surface area contributed by atoms with E-state index in [4.69, 9.17) is 14.2 Å². The molecule has 6 aromatic carbocycles. The maximum Gasteiger partial charge on any atom is 0.306 e. The fourth-order valence-corrected chi connectivity index (χ4v) is 6.73. The predicted molar refractivity (Wildman–Crippen MR) is 215 cm³/mol. The predicted octanol–water partition coefficient (Wildman–Crippen LogP) is 11.3. The highest BCUT2D eigenvalue weighted by Gasteiger charge is 2.23. The van der Waals surface area contributed by atoms with Crippen LogP contribution in [-0.4, -0.2) is 24.8 Å². The van der Waals surface area contributed by atoms with Gasteiger partial charge in [-0.05, 0) is 65.1 Å². The maximum atomic E-state index is 12.1. The van der Waals surface area contributed by atoms with Gasteiger partial charge in [0.05, 0.1) is 13.5 Å². The van der Waals surface area contributed by atoms with E-state index in [0.29, 0.717) is 19.6 Å². The topological polar surface area (TPSA) is 65.0 Å². The highest BCUT2D eigenvalue weighted by Crippen LogP contribution is 2.38. The van der Waals surface area contributed by atoms with E-state index in [2.05, 4.69) is 62.2 Å². The lowest BCUT2D eigenvalue weighted by Gasteiger charge is -2.21. The molecule has 2 atom stereocenters. The van der Waals surface area contributed by atoms with Crippen LogP contribution in [0.3, 0.4) is 0 Å². The van der Waals surface area contributed by atoms with Gasteiger partial charge in [-0.15, -0.1) is 0 Å². The van der Waals surface area contributed by atoms with Crippen LogP contribution < -0.4 is 9.47 Å². The van der Waals surface area contributed by atoms with Crippen molar-refractivity contribution >= 4 is 37.8 Å². The quantitative estimate of drug-likeness (QED) is 0.111. The summed E-state index contributed by atoms with van der Waals surface area (Å²) >= 11 is 7.11. The first kappa shape index (κ1) is 38.5. The molecule has 5 nitrogen and oxygen atoms in total. The zero-order valence-corrected chi connectivity index (χ0v) is 32.2. The minimum absolute atomic E-state index is 0.0921. The molecule has 0 saturated carbocycles. The summed E-state index contributed by atoms with van der Waals surface area (Å²) in [6, 6.07) is 52.4. The van der Waals surface area contributed by atoms with E-state index in [1.165, 1.54) is 12.7 Å². The van der Waals surface area contributed by atoms with Gasteiger partial charge in [-0.2, -0.15) is 0 Å². The Kier molecular flexibility index (Phi) is 15.1. The number of aliphatic hydroxyl groups excluding tert-OH is 1. The molecule has 0 spiro atoms. The van der Waals surface area contributed by atoms with Crippen molar-refractivity contribution in [1.82, 2.24) is 0 Å². The molecule has 6 rings (SSSR count). The number of esters is 1.